The van der Waals surface area contributed by atoms with E-state index in [1.165, 1.54) is 25.7 Å². The number of halogens is 1. The maximum Gasteiger partial charge on any atom is 0.144 e. The third-order valence-electron chi connectivity index (χ3n) is 2.82. The summed E-state index contributed by atoms with van der Waals surface area (Å²) in [5.74, 6) is 1.78. The molecular weight excluding hydrogens is 254 g/mol. The number of rotatable bonds is 2. The van der Waals surface area contributed by atoms with Crippen LogP contribution in [0.3, 0.4) is 0 Å². The molecule has 82 valence electrons. The molecule has 3 nitrogen and oxygen atoms in total. The average Bonchev–Trinajstić information content (AvgIpc) is 2.66. The predicted molar refractivity (Wildman–Crippen MR) is 65.1 cm³/mol. The summed E-state index contributed by atoms with van der Waals surface area (Å²) in [4.78, 5) is 8.74. The Balaban J connectivity index is 2.19. The lowest BCUT2D eigenvalue weighted by Gasteiger charge is -2.15. The summed E-state index contributed by atoms with van der Waals surface area (Å²) in [5, 5.41) is 3.49. The minimum atomic E-state index is 0.593. The molecule has 0 bridgehead atoms. The fourth-order valence-corrected chi connectivity index (χ4v) is 2.35. The summed E-state index contributed by atoms with van der Waals surface area (Å²) in [6, 6.07) is 0.593. The van der Waals surface area contributed by atoms with Gasteiger partial charge in [-0.2, -0.15) is 0 Å². The molecule has 0 radical (unpaired) electrons. The molecule has 1 fully saturated rings. The smallest absolute Gasteiger partial charge is 0.144 e. The van der Waals surface area contributed by atoms with Gasteiger partial charge in [-0.25, -0.2) is 9.97 Å². The first-order valence-electron chi connectivity index (χ1n) is 5.44. The molecule has 15 heavy (non-hydrogen) atoms. The second kappa shape index (κ2) is 4.47. The first-order valence-corrected chi connectivity index (χ1v) is 6.23. The molecule has 0 aliphatic heterocycles. The Morgan fingerprint density at radius 3 is 2.53 bits per heavy atom. The molecule has 1 aliphatic carbocycles. The Bertz CT molecular complexity index is 359. The van der Waals surface area contributed by atoms with Gasteiger partial charge in [0.05, 0.1) is 10.2 Å². The van der Waals surface area contributed by atoms with Crippen LogP contribution in [-0.4, -0.2) is 16.0 Å². The number of aromatic nitrogens is 2. The van der Waals surface area contributed by atoms with E-state index in [4.69, 9.17) is 0 Å². The molecule has 2 rings (SSSR count). The second-order valence-corrected chi connectivity index (χ2v) is 4.94. The van der Waals surface area contributed by atoms with Gasteiger partial charge >= 0.3 is 0 Å². The van der Waals surface area contributed by atoms with Crippen molar-refractivity contribution >= 4 is 21.7 Å². The topological polar surface area (TPSA) is 37.8 Å². The molecule has 1 heterocycles. The maximum atomic E-state index is 4.43. The average molecular weight is 270 g/mol. The molecule has 4 heteroatoms. The van der Waals surface area contributed by atoms with Crippen molar-refractivity contribution in [3.63, 3.8) is 0 Å². The molecule has 1 aromatic rings. The van der Waals surface area contributed by atoms with E-state index in [1.807, 2.05) is 13.8 Å². The van der Waals surface area contributed by atoms with Crippen molar-refractivity contribution in [2.45, 2.75) is 45.6 Å². The lowest BCUT2D eigenvalue weighted by atomic mass is 10.2. The minimum absolute atomic E-state index is 0.593. The van der Waals surface area contributed by atoms with E-state index in [1.54, 1.807) is 0 Å². The number of hydrogen-bond acceptors (Lipinski definition) is 3. The first-order chi connectivity index (χ1) is 7.16. The van der Waals surface area contributed by atoms with E-state index < -0.39 is 0 Å². The van der Waals surface area contributed by atoms with E-state index in [0.29, 0.717) is 6.04 Å². The molecule has 0 atom stereocenters. The molecule has 1 N–H and O–H groups in total. The second-order valence-electron chi connectivity index (χ2n) is 4.14. The van der Waals surface area contributed by atoms with Crippen molar-refractivity contribution in [1.29, 1.82) is 0 Å². The molecular formula is C11H16BrN3. The molecule has 1 saturated carbocycles. The Kier molecular flexibility index (Phi) is 3.24. The molecule has 0 saturated heterocycles. The van der Waals surface area contributed by atoms with Crippen LogP contribution >= 0.6 is 15.9 Å². The van der Waals surface area contributed by atoms with Crippen molar-refractivity contribution < 1.29 is 0 Å². The van der Waals surface area contributed by atoms with E-state index in [9.17, 15) is 0 Å². The maximum absolute atomic E-state index is 4.43. The highest BCUT2D eigenvalue weighted by molar-refractivity contribution is 9.10. The third-order valence-corrected chi connectivity index (χ3v) is 3.77. The van der Waals surface area contributed by atoms with Crippen LogP contribution in [0, 0.1) is 13.8 Å². The third kappa shape index (κ3) is 2.48. The van der Waals surface area contributed by atoms with E-state index >= 15 is 0 Å². The van der Waals surface area contributed by atoms with Crippen LogP contribution in [0.5, 0.6) is 0 Å². The zero-order chi connectivity index (χ0) is 10.8. The summed E-state index contributed by atoms with van der Waals surface area (Å²) in [6.45, 7) is 3.93. The highest BCUT2D eigenvalue weighted by atomic mass is 79.9. The van der Waals surface area contributed by atoms with Gasteiger partial charge in [-0.05, 0) is 42.6 Å². The van der Waals surface area contributed by atoms with Gasteiger partial charge in [0.2, 0.25) is 0 Å². The van der Waals surface area contributed by atoms with Crippen LogP contribution in [0.15, 0.2) is 4.47 Å². The summed E-state index contributed by atoms with van der Waals surface area (Å²) in [6.07, 6.45) is 5.18. The van der Waals surface area contributed by atoms with Crippen LogP contribution in [-0.2, 0) is 0 Å². The van der Waals surface area contributed by atoms with Crippen molar-refractivity contribution in [2.75, 3.05) is 5.32 Å². The number of aryl methyl sites for hydroxylation is 2. The quantitative estimate of drug-likeness (QED) is 0.896. The Morgan fingerprint density at radius 1 is 1.20 bits per heavy atom. The Hall–Kier alpha value is -0.640. The van der Waals surface area contributed by atoms with Crippen LogP contribution in [0.25, 0.3) is 0 Å². The molecule has 0 amide bonds. The monoisotopic (exact) mass is 269 g/mol. The van der Waals surface area contributed by atoms with Gasteiger partial charge in [0, 0.05) is 6.04 Å². The van der Waals surface area contributed by atoms with Crippen molar-refractivity contribution in [1.82, 2.24) is 9.97 Å². The SMILES string of the molecule is Cc1nc(C)c(Br)c(NC2CCCC2)n1. The summed E-state index contributed by atoms with van der Waals surface area (Å²) in [5.41, 5.74) is 1.00. The fourth-order valence-electron chi connectivity index (χ4n) is 2.06. The highest BCUT2D eigenvalue weighted by Gasteiger charge is 2.17. The molecule has 1 aliphatic rings. The zero-order valence-electron chi connectivity index (χ0n) is 9.18. The van der Waals surface area contributed by atoms with Crippen LogP contribution in [0.4, 0.5) is 5.82 Å². The largest absolute Gasteiger partial charge is 0.366 e. The van der Waals surface area contributed by atoms with E-state index in [0.717, 1.165) is 21.8 Å². The van der Waals surface area contributed by atoms with Gasteiger partial charge in [-0.15, -0.1) is 0 Å². The van der Waals surface area contributed by atoms with Gasteiger partial charge in [0.25, 0.3) is 0 Å². The zero-order valence-corrected chi connectivity index (χ0v) is 10.8. The molecule has 0 aromatic carbocycles. The van der Waals surface area contributed by atoms with Gasteiger partial charge in [-0.1, -0.05) is 12.8 Å². The summed E-state index contributed by atoms with van der Waals surface area (Å²) >= 11 is 3.53. The summed E-state index contributed by atoms with van der Waals surface area (Å²) in [7, 11) is 0. The van der Waals surface area contributed by atoms with Crippen molar-refractivity contribution in [3.8, 4) is 0 Å². The van der Waals surface area contributed by atoms with Gasteiger partial charge in [0.15, 0.2) is 0 Å². The van der Waals surface area contributed by atoms with Crippen molar-refractivity contribution in [3.05, 3.63) is 16.0 Å². The van der Waals surface area contributed by atoms with Gasteiger partial charge in [-0.3, -0.25) is 0 Å². The lowest BCUT2D eigenvalue weighted by Crippen LogP contribution is -2.16. The Labute approximate surface area is 98.8 Å². The van der Waals surface area contributed by atoms with Crippen LogP contribution in [0.1, 0.15) is 37.2 Å². The van der Waals surface area contributed by atoms with Gasteiger partial charge < -0.3 is 5.32 Å². The Morgan fingerprint density at radius 2 is 1.87 bits per heavy atom. The van der Waals surface area contributed by atoms with E-state index in [-0.39, 0.29) is 0 Å². The van der Waals surface area contributed by atoms with E-state index in [2.05, 4.69) is 31.2 Å². The fraction of sp³-hybridized carbons (Fsp3) is 0.636. The highest BCUT2D eigenvalue weighted by Crippen LogP contribution is 2.27. The predicted octanol–water partition coefficient (Wildman–Crippen LogP) is 3.21. The normalized spacial score (nSPS) is 17.0. The lowest BCUT2D eigenvalue weighted by molar-refractivity contribution is 0.746. The van der Waals surface area contributed by atoms with Crippen LogP contribution < -0.4 is 5.32 Å². The standard InChI is InChI=1S/C11H16BrN3/c1-7-10(12)11(14-8(2)13-7)15-9-5-3-4-6-9/h9H,3-6H2,1-2H3,(H,13,14,15). The first kappa shape index (κ1) is 10.9. The van der Waals surface area contributed by atoms with Gasteiger partial charge in [0.1, 0.15) is 11.6 Å². The molecule has 0 spiro atoms. The molecule has 1 aromatic heterocycles. The number of nitrogens with zero attached hydrogens (tertiary/aromatic N) is 2. The van der Waals surface area contributed by atoms with Crippen LogP contribution in [0.2, 0.25) is 0 Å². The minimum Gasteiger partial charge on any atom is -0.366 e. The number of anilines is 1. The van der Waals surface area contributed by atoms with Crippen molar-refractivity contribution in [2.24, 2.45) is 0 Å². The summed E-state index contributed by atoms with van der Waals surface area (Å²) < 4.78 is 1.00. The number of nitrogens with one attached hydrogen (secondary N) is 1. The molecule has 0 unspecified atom stereocenters. The number of hydrogen-bond donors (Lipinski definition) is 1.